The van der Waals surface area contributed by atoms with Crippen molar-refractivity contribution in [2.45, 2.75) is 60.2 Å². The molecule has 2 bridgehead atoms. The average Bonchev–Trinajstić information content (AvgIpc) is 3.47. The number of nitrogens with zero attached hydrogens (tertiary/aromatic N) is 3. The van der Waals surface area contributed by atoms with Gasteiger partial charge in [-0.3, -0.25) is 19.3 Å². The van der Waals surface area contributed by atoms with Crippen molar-refractivity contribution in [2.24, 2.45) is 5.92 Å². The Morgan fingerprint density at radius 1 is 1.05 bits per heavy atom. The van der Waals surface area contributed by atoms with E-state index in [1.165, 1.54) is 24.0 Å². The molecule has 1 unspecified atom stereocenters. The molecule has 3 fully saturated rings. The molecule has 1 aromatic heterocycles. The maximum absolute atomic E-state index is 15.4. The highest BCUT2D eigenvalue weighted by Gasteiger charge is 2.63. The number of rotatable bonds is 1. The third kappa shape index (κ3) is 3.07. The molecule has 3 saturated heterocycles. The van der Waals surface area contributed by atoms with E-state index < -0.39 is 40.9 Å². The van der Waals surface area contributed by atoms with Gasteiger partial charge in [0.15, 0.2) is 23.1 Å². The Balaban J connectivity index is 1.44. The summed E-state index contributed by atoms with van der Waals surface area (Å²) in [4.78, 5) is 29.1. The molecule has 200 valence electrons. The van der Waals surface area contributed by atoms with Crippen molar-refractivity contribution in [3.8, 4) is 5.75 Å². The van der Waals surface area contributed by atoms with Crippen LogP contribution in [0.5, 0.6) is 5.75 Å². The Morgan fingerprint density at radius 3 is 2.74 bits per heavy atom. The van der Waals surface area contributed by atoms with Crippen LogP contribution in [-0.2, 0) is 10.5 Å². The molecule has 2 aromatic carbocycles. The molecule has 0 saturated carbocycles. The lowest BCUT2D eigenvalue weighted by Gasteiger charge is -2.57. The van der Waals surface area contributed by atoms with Crippen LogP contribution in [0.3, 0.4) is 0 Å². The zero-order chi connectivity index (χ0) is 26.6. The maximum atomic E-state index is 15.4. The van der Waals surface area contributed by atoms with Crippen LogP contribution in [0, 0.1) is 17.6 Å². The minimum Gasteiger partial charge on any atom is -0.502 e. The summed E-state index contributed by atoms with van der Waals surface area (Å²) >= 11 is 1.44. The molecular weight excluding hydrogens is 524 g/mol. The highest BCUT2D eigenvalue weighted by atomic mass is 32.2. The first-order valence-corrected chi connectivity index (χ1v) is 14.3. The minimum absolute atomic E-state index is 0.0273. The Kier molecular flexibility index (Phi) is 4.87. The molecule has 5 aliphatic rings. The number of ether oxygens (including phenoxy) is 1. The Morgan fingerprint density at radius 2 is 1.90 bits per heavy atom. The van der Waals surface area contributed by atoms with Crippen LogP contribution < -0.4 is 10.4 Å². The van der Waals surface area contributed by atoms with Crippen LogP contribution in [0.15, 0.2) is 58.4 Å². The molecule has 0 radical (unpaired) electrons. The van der Waals surface area contributed by atoms with Gasteiger partial charge in [0.25, 0.3) is 5.91 Å². The third-order valence-corrected chi connectivity index (χ3v) is 10.5. The number of carbonyl (C=O) groups excluding carboxylic acids is 1. The number of benzene rings is 2. The summed E-state index contributed by atoms with van der Waals surface area (Å²) in [5.74, 6) is -2.60. The van der Waals surface area contributed by atoms with Crippen LogP contribution in [0.2, 0.25) is 0 Å². The second-order valence-electron chi connectivity index (χ2n) is 11.1. The molecule has 1 amide bonds. The molecule has 39 heavy (non-hydrogen) atoms. The van der Waals surface area contributed by atoms with Crippen molar-refractivity contribution in [2.75, 3.05) is 11.6 Å². The van der Waals surface area contributed by atoms with Crippen LogP contribution in [-0.4, -0.2) is 45.0 Å². The summed E-state index contributed by atoms with van der Waals surface area (Å²) in [6, 6.07) is 11.2. The minimum atomic E-state index is -0.908. The molecule has 3 aromatic rings. The van der Waals surface area contributed by atoms with E-state index in [4.69, 9.17) is 4.74 Å². The van der Waals surface area contributed by atoms with Gasteiger partial charge < -0.3 is 14.7 Å². The largest absolute Gasteiger partial charge is 0.502 e. The number of carbonyl (C=O) groups is 1. The summed E-state index contributed by atoms with van der Waals surface area (Å²) in [5.41, 5.74) is 0.625. The molecular formula is C29H25F2N3O4S. The molecule has 8 rings (SSSR count). The van der Waals surface area contributed by atoms with Gasteiger partial charge >= 0.3 is 0 Å². The molecule has 1 spiro atoms. The van der Waals surface area contributed by atoms with E-state index in [0.29, 0.717) is 18.5 Å². The first kappa shape index (κ1) is 23.5. The fourth-order valence-electron chi connectivity index (χ4n) is 7.66. The Labute approximate surface area is 227 Å². The lowest BCUT2D eigenvalue weighted by Crippen LogP contribution is -2.70. The average molecular weight is 550 g/mol. The smallest absolute Gasteiger partial charge is 0.278 e. The lowest BCUT2D eigenvalue weighted by molar-refractivity contribution is -0.0756. The number of hydrogen-bond acceptors (Lipinski definition) is 6. The van der Waals surface area contributed by atoms with Crippen molar-refractivity contribution in [3.63, 3.8) is 0 Å². The Bertz CT molecular complexity index is 1630. The van der Waals surface area contributed by atoms with Gasteiger partial charge in [-0.25, -0.2) is 8.78 Å². The van der Waals surface area contributed by atoms with E-state index in [9.17, 15) is 19.1 Å². The number of pyridine rings is 1. The SMILES string of the molecule is O=C1c2c(O)c(=O)ccn2N(C2c3ccccc3SCc3c2ccc(F)c3F)[C@@H]2[C@H]3C[C@@H]4CC[C@@]3(CCN12)O4. The standard InChI is InChI=1S/C29H25F2N3O4S/c30-20-6-5-16-18(23(20)31)14-39-22-4-2-1-3-17(22)24(16)34-27-19-13-15-7-9-29(19,38-15)10-12-32(27)28(37)25-26(36)21(35)8-11-33(25)34/h1-6,8,11,15,19,24,27,36H,7,9-10,12-14H2/t15-,19+,24?,27+,29-/m0/s1. The van der Waals surface area contributed by atoms with Crippen molar-refractivity contribution in [1.82, 2.24) is 9.58 Å². The van der Waals surface area contributed by atoms with E-state index >= 15 is 4.39 Å². The number of thioether (sulfide) groups is 1. The molecule has 0 aliphatic carbocycles. The number of halogens is 2. The van der Waals surface area contributed by atoms with E-state index in [1.54, 1.807) is 15.6 Å². The van der Waals surface area contributed by atoms with Crippen molar-refractivity contribution in [3.05, 3.63) is 92.9 Å². The molecule has 1 N–H and O–H groups in total. The summed E-state index contributed by atoms with van der Waals surface area (Å²) in [6.45, 7) is 0.402. The van der Waals surface area contributed by atoms with Crippen LogP contribution >= 0.6 is 11.8 Å². The fraction of sp³-hybridized carbons (Fsp3) is 0.379. The quantitative estimate of drug-likeness (QED) is 0.488. The first-order chi connectivity index (χ1) is 18.9. The number of aromatic nitrogens is 1. The van der Waals surface area contributed by atoms with E-state index in [0.717, 1.165) is 35.8 Å². The zero-order valence-electron chi connectivity index (χ0n) is 20.8. The number of hydrogen-bond donors (Lipinski definition) is 1. The van der Waals surface area contributed by atoms with E-state index in [1.807, 2.05) is 29.3 Å². The van der Waals surface area contributed by atoms with Crippen molar-refractivity contribution < 1.29 is 23.4 Å². The normalized spacial score (nSPS) is 30.3. The van der Waals surface area contributed by atoms with Crippen molar-refractivity contribution in [1.29, 1.82) is 0 Å². The highest BCUT2D eigenvalue weighted by Crippen LogP contribution is 2.57. The highest BCUT2D eigenvalue weighted by molar-refractivity contribution is 7.98. The number of piperidine rings is 1. The van der Waals surface area contributed by atoms with Gasteiger partial charge in [0, 0.05) is 40.9 Å². The monoisotopic (exact) mass is 549 g/mol. The van der Waals surface area contributed by atoms with E-state index in [2.05, 4.69) is 0 Å². The second kappa shape index (κ2) is 8.08. The molecule has 6 heterocycles. The molecule has 10 heteroatoms. The number of aromatic hydroxyl groups is 1. The van der Waals surface area contributed by atoms with Crippen LogP contribution in [0.1, 0.15) is 58.9 Å². The Hall–Kier alpha value is -3.37. The van der Waals surface area contributed by atoms with Crippen LogP contribution in [0.4, 0.5) is 8.78 Å². The van der Waals surface area contributed by atoms with Gasteiger partial charge in [-0.2, -0.15) is 0 Å². The maximum Gasteiger partial charge on any atom is 0.278 e. The summed E-state index contributed by atoms with van der Waals surface area (Å²) in [7, 11) is 0. The third-order valence-electron chi connectivity index (χ3n) is 9.35. The van der Waals surface area contributed by atoms with Crippen LogP contribution in [0.25, 0.3) is 0 Å². The van der Waals surface area contributed by atoms with Gasteiger partial charge in [-0.15, -0.1) is 11.8 Å². The summed E-state index contributed by atoms with van der Waals surface area (Å²) < 4.78 is 38.0. The predicted molar refractivity (Wildman–Crippen MR) is 139 cm³/mol. The first-order valence-electron chi connectivity index (χ1n) is 13.3. The topological polar surface area (TPSA) is 75.0 Å². The second-order valence-corrected chi connectivity index (χ2v) is 12.1. The van der Waals surface area contributed by atoms with Gasteiger partial charge in [0.05, 0.1) is 17.7 Å². The summed E-state index contributed by atoms with van der Waals surface area (Å²) in [5, 5.41) is 12.9. The van der Waals surface area contributed by atoms with Gasteiger partial charge in [0.2, 0.25) is 5.43 Å². The van der Waals surface area contributed by atoms with Gasteiger partial charge in [-0.1, -0.05) is 24.3 Å². The fourth-order valence-corrected chi connectivity index (χ4v) is 8.78. The zero-order valence-corrected chi connectivity index (χ0v) is 21.7. The summed E-state index contributed by atoms with van der Waals surface area (Å²) in [6.07, 6.45) is 4.50. The lowest BCUT2D eigenvalue weighted by atomic mass is 9.71. The number of amides is 1. The molecule has 5 aliphatic heterocycles. The number of fused-ring (bicyclic) bond motifs is 6. The molecule has 7 nitrogen and oxygen atoms in total. The van der Waals surface area contributed by atoms with Gasteiger partial charge in [-0.05, 0) is 48.9 Å². The molecule has 5 atom stereocenters. The van der Waals surface area contributed by atoms with E-state index in [-0.39, 0.29) is 34.6 Å². The van der Waals surface area contributed by atoms with Crippen molar-refractivity contribution >= 4 is 17.7 Å². The van der Waals surface area contributed by atoms with Gasteiger partial charge in [0.1, 0.15) is 6.17 Å². The predicted octanol–water partition coefficient (Wildman–Crippen LogP) is 4.29.